The maximum Gasteiger partial charge on any atom is 0.424 e. The molecule has 1 rings (SSSR count). The van der Waals surface area contributed by atoms with Gasteiger partial charge in [0.15, 0.2) is 9.84 Å². The van der Waals surface area contributed by atoms with Crippen LogP contribution in [0.4, 0.5) is 15.3 Å². The van der Waals surface area contributed by atoms with Gasteiger partial charge in [-0.1, -0.05) is 0 Å². The van der Waals surface area contributed by atoms with Crippen LogP contribution in [0.15, 0.2) is 23.1 Å². The lowest BCUT2D eigenvalue weighted by molar-refractivity contribution is 0.0431. The van der Waals surface area contributed by atoms with Crippen LogP contribution in [-0.2, 0) is 23.9 Å². The predicted octanol–water partition coefficient (Wildman–Crippen LogP) is 4.01. The first-order chi connectivity index (χ1) is 12.7. The zero-order valence-corrected chi connectivity index (χ0v) is 20.1. The Bertz CT molecular complexity index is 922. The molecule has 1 aromatic carbocycles. The summed E-state index contributed by atoms with van der Waals surface area (Å²) < 4.78 is 47.5. The summed E-state index contributed by atoms with van der Waals surface area (Å²) in [6, 6.07) is 3.72. The molecule has 8 nitrogen and oxygen atoms in total. The van der Waals surface area contributed by atoms with Gasteiger partial charge in [0.1, 0.15) is 18.3 Å². The van der Waals surface area contributed by atoms with Crippen molar-refractivity contribution in [2.45, 2.75) is 57.6 Å². The maximum absolute atomic E-state index is 12.9. The first-order valence-corrected chi connectivity index (χ1v) is 13.4. The van der Waals surface area contributed by atoms with Crippen molar-refractivity contribution in [3.05, 3.63) is 18.2 Å². The van der Waals surface area contributed by atoms with Crippen molar-refractivity contribution in [3.63, 3.8) is 0 Å². The summed E-state index contributed by atoms with van der Waals surface area (Å²) in [4.78, 5) is 26.3. The highest BCUT2D eigenvalue weighted by atomic mass is 32.2. The summed E-state index contributed by atoms with van der Waals surface area (Å²) in [6.07, 6.45) is -1.02. The number of anilines is 1. The maximum atomic E-state index is 12.9. The molecule has 0 radical (unpaired) electrons. The second-order valence-corrected chi connectivity index (χ2v) is 14.3. The van der Waals surface area contributed by atoms with Gasteiger partial charge < -0.3 is 14.0 Å². The molecule has 1 aromatic rings. The van der Waals surface area contributed by atoms with E-state index >= 15 is 0 Å². The minimum absolute atomic E-state index is 0.0470. The van der Waals surface area contributed by atoms with Crippen molar-refractivity contribution >= 4 is 40.2 Å². The third kappa shape index (κ3) is 7.48. The number of imide groups is 1. The molecular formula is C19H30NO7PS. The van der Waals surface area contributed by atoms with Crippen LogP contribution in [0.25, 0.3) is 0 Å². The molecule has 0 saturated heterocycles. The fourth-order valence-corrected chi connectivity index (χ4v) is 4.15. The van der Waals surface area contributed by atoms with E-state index in [4.69, 9.17) is 9.47 Å². The lowest BCUT2D eigenvalue weighted by atomic mass is 10.2. The highest BCUT2D eigenvalue weighted by molar-refractivity contribution is 7.90. The van der Waals surface area contributed by atoms with Gasteiger partial charge in [-0.25, -0.2) is 18.0 Å². The van der Waals surface area contributed by atoms with Crippen molar-refractivity contribution in [1.29, 1.82) is 0 Å². The Morgan fingerprint density at radius 3 is 1.66 bits per heavy atom. The minimum atomic E-state index is -3.60. The Kier molecular flexibility index (Phi) is 7.04. The van der Waals surface area contributed by atoms with Crippen LogP contribution >= 0.6 is 7.14 Å². The summed E-state index contributed by atoms with van der Waals surface area (Å²) in [5, 5.41) is 0.0529. The van der Waals surface area contributed by atoms with Crippen LogP contribution in [0.5, 0.6) is 0 Å². The van der Waals surface area contributed by atoms with E-state index < -0.39 is 40.4 Å². The number of rotatable bonds is 3. The van der Waals surface area contributed by atoms with E-state index in [2.05, 4.69) is 0 Å². The molecule has 0 unspecified atom stereocenters. The predicted molar refractivity (Wildman–Crippen MR) is 114 cm³/mol. The average molecular weight is 447 g/mol. The molecule has 0 aliphatic rings. The SMILES string of the molecule is CC(C)(C)OC(=O)N(C(=O)OC(C)(C)C)c1ccc(S(C)(=O)=O)cc1P(C)(C)=O. The summed E-state index contributed by atoms with van der Waals surface area (Å²) >= 11 is 0. The van der Waals surface area contributed by atoms with Gasteiger partial charge in [-0.05, 0) is 73.1 Å². The second-order valence-electron chi connectivity index (χ2n) is 9.07. The molecule has 0 spiro atoms. The topological polar surface area (TPSA) is 107 Å². The molecule has 0 N–H and O–H groups in total. The Morgan fingerprint density at radius 1 is 0.931 bits per heavy atom. The van der Waals surface area contributed by atoms with E-state index in [1.54, 1.807) is 41.5 Å². The van der Waals surface area contributed by atoms with Gasteiger partial charge in [-0.2, -0.15) is 4.90 Å². The largest absolute Gasteiger partial charge is 0.443 e. The van der Waals surface area contributed by atoms with Gasteiger partial charge in [0.2, 0.25) is 0 Å². The number of hydrogen-bond acceptors (Lipinski definition) is 7. The second kappa shape index (κ2) is 8.11. The van der Waals surface area contributed by atoms with Gasteiger partial charge >= 0.3 is 12.2 Å². The number of carbonyl (C=O) groups excluding carboxylic acids is 2. The van der Waals surface area contributed by atoms with Gasteiger partial charge in [-0.3, -0.25) is 0 Å². The molecule has 164 valence electrons. The first kappa shape index (κ1) is 25.2. The summed E-state index contributed by atoms with van der Waals surface area (Å²) in [6.45, 7) is 12.6. The quantitative estimate of drug-likeness (QED) is 0.644. The van der Waals surface area contributed by atoms with Crippen molar-refractivity contribution in [2.24, 2.45) is 0 Å². The minimum Gasteiger partial charge on any atom is -0.443 e. The lowest BCUT2D eigenvalue weighted by Gasteiger charge is -2.30. The number of sulfone groups is 1. The van der Waals surface area contributed by atoms with Crippen molar-refractivity contribution < 1.29 is 32.0 Å². The number of nitrogens with zero attached hydrogens (tertiary/aromatic N) is 1. The molecule has 0 saturated carbocycles. The fourth-order valence-electron chi connectivity index (χ4n) is 2.24. The first-order valence-electron chi connectivity index (χ1n) is 8.88. The zero-order chi connectivity index (χ0) is 23.0. The van der Waals surface area contributed by atoms with Gasteiger partial charge in [-0.15, -0.1) is 0 Å². The van der Waals surface area contributed by atoms with Crippen LogP contribution in [0.1, 0.15) is 41.5 Å². The monoisotopic (exact) mass is 447 g/mol. The van der Waals surface area contributed by atoms with Crippen LogP contribution in [0.2, 0.25) is 0 Å². The molecule has 0 bridgehead atoms. The Hall–Kier alpha value is -1.86. The number of amides is 2. The summed E-state index contributed by atoms with van der Waals surface area (Å²) in [7, 11) is -6.71. The summed E-state index contributed by atoms with van der Waals surface area (Å²) in [5.41, 5.74) is -1.87. The van der Waals surface area contributed by atoms with E-state index in [0.29, 0.717) is 4.90 Å². The van der Waals surface area contributed by atoms with Crippen molar-refractivity contribution in [3.8, 4) is 0 Å². The number of ether oxygens (including phenoxy) is 2. The van der Waals surface area contributed by atoms with Crippen molar-refractivity contribution in [1.82, 2.24) is 0 Å². The highest BCUT2D eigenvalue weighted by Crippen LogP contribution is 2.40. The van der Waals surface area contributed by atoms with Crippen LogP contribution in [0, 0.1) is 0 Å². The molecule has 10 heteroatoms. The normalized spacial score (nSPS) is 13.0. The Balaban J connectivity index is 3.73. The molecule has 2 amide bonds. The fraction of sp³-hybridized carbons (Fsp3) is 0.579. The number of benzene rings is 1. The van der Waals surface area contributed by atoms with E-state index in [-0.39, 0.29) is 15.9 Å². The van der Waals surface area contributed by atoms with E-state index in [1.165, 1.54) is 31.5 Å². The van der Waals surface area contributed by atoms with E-state index in [9.17, 15) is 22.6 Å². The van der Waals surface area contributed by atoms with Crippen molar-refractivity contribution in [2.75, 3.05) is 24.5 Å². The van der Waals surface area contributed by atoms with Crippen LogP contribution < -0.4 is 10.2 Å². The molecule has 29 heavy (non-hydrogen) atoms. The highest BCUT2D eigenvalue weighted by Gasteiger charge is 2.36. The van der Waals surface area contributed by atoms with Crippen LogP contribution in [0.3, 0.4) is 0 Å². The molecule has 0 heterocycles. The third-order valence-corrected chi connectivity index (χ3v) is 5.98. The number of carbonyl (C=O) groups is 2. The van der Waals surface area contributed by atoms with Crippen LogP contribution in [-0.4, -0.2) is 51.4 Å². The third-order valence-electron chi connectivity index (χ3n) is 3.35. The molecule has 0 aliphatic heterocycles. The Labute approximate surface area is 172 Å². The number of hydrogen-bond donors (Lipinski definition) is 0. The molecule has 0 aromatic heterocycles. The van der Waals surface area contributed by atoms with Gasteiger partial charge in [0, 0.05) is 11.6 Å². The average Bonchev–Trinajstić information content (AvgIpc) is 2.41. The smallest absolute Gasteiger partial charge is 0.424 e. The molecule has 0 fully saturated rings. The molecule has 0 atom stereocenters. The molecular weight excluding hydrogens is 417 g/mol. The zero-order valence-electron chi connectivity index (χ0n) is 18.4. The molecule has 0 aliphatic carbocycles. The Morgan fingerprint density at radius 2 is 1.34 bits per heavy atom. The lowest BCUT2D eigenvalue weighted by Crippen LogP contribution is -2.45. The van der Waals surface area contributed by atoms with Gasteiger partial charge in [0.05, 0.1) is 10.6 Å². The summed E-state index contributed by atoms with van der Waals surface area (Å²) in [5.74, 6) is 0. The van der Waals surface area contributed by atoms with Gasteiger partial charge in [0.25, 0.3) is 0 Å². The standard InChI is InChI=1S/C19H30NO7PS/c1-18(2,3)26-16(21)20(17(22)27-19(4,5)6)14-11-10-13(29(9,24)25)12-15(14)28(7,8)23/h10-12H,1-9H3. The van der Waals surface area contributed by atoms with E-state index in [0.717, 1.165) is 6.26 Å². The van der Waals surface area contributed by atoms with E-state index in [1.807, 2.05) is 0 Å².